The van der Waals surface area contributed by atoms with Gasteiger partial charge in [-0.25, -0.2) is 4.39 Å². The van der Waals surface area contributed by atoms with Gasteiger partial charge in [-0.05, 0) is 24.6 Å². The van der Waals surface area contributed by atoms with Crippen molar-refractivity contribution >= 4 is 0 Å². The van der Waals surface area contributed by atoms with E-state index in [2.05, 4.69) is 0 Å². The van der Waals surface area contributed by atoms with Crippen molar-refractivity contribution in [1.29, 1.82) is 0 Å². The van der Waals surface area contributed by atoms with Gasteiger partial charge < -0.3 is 9.84 Å². The highest BCUT2D eigenvalue weighted by Gasteiger charge is 2.15. The van der Waals surface area contributed by atoms with E-state index < -0.39 is 6.10 Å². The number of rotatable bonds is 4. The molecule has 3 heteroatoms. The van der Waals surface area contributed by atoms with Crippen molar-refractivity contribution in [2.75, 3.05) is 6.61 Å². The van der Waals surface area contributed by atoms with E-state index in [1.165, 1.54) is 12.1 Å². The molecule has 0 saturated carbocycles. The average Bonchev–Trinajstić information content (AvgIpc) is 2.40. The molecule has 0 saturated heterocycles. The SMILES string of the molecule is CCOc1cc(F)ccc1C(O)c1ccccc1. The largest absolute Gasteiger partial charge is 0.493 e. The molecular formula is C15H15FO2. The summed E-state index contributed by atoms with van der Waals surface area (Å²) < 4.78 is 18.5. The molecule has 0 bridgehead atoms. The summed E-state index contributed by atoms with van der Waals surface area (Å²) in [5.74, 6) is 0.0105. The Bertz CT molecular complexity index is 511. The molecule has 2 aromatic rings. The molecule has 0 spiro atoms. The number of ether oxygens (including phenoxy) is 1. The zero-order chi connectivity index (χ0) is 13.0. The second-order valence-electron chi connectivity index (χ2n) is 3.93. The minimum absolute atomic E-state index is 0.373. The number of aliphatic hydroxyl groups excluding tert-OH is 1. The fourth-order valence-electron chi connectivity index (χ4n) is 1.83. The molecule has 1 atom stereocenters. The third-order valence-corrected chi connectivity index (χ3v) is 2.69. The molecule has 0 heterocycles. The number of halogens is 1. The van der Waals surface area contributed by atoms with Gasteiger partial charge in [0.25, 0.3) is 0 Å². The van der Waals surface area contributed by atoms with Crippen LogP contribution in [-0.2, 0) is 0 Å². The first-order valence-corrected chi connectivity index (χ1v) is 5.87. The van der Waals surface area contributed by atoms with Crippen LogP contribution in [0.25, 0.3) is 0 Å². The van der Waals surface area contributed by atoms with Gasteiger partial charge in [-0.1, -0.05) is 30.3 Å². The van der Waals surface area contributed by atoms with Crippen molar-refractivity contribution in [3.05, 3.63) is 65.5 Å². The van der Waals surface area contributed by atoms with Gasteiger partial charge >= 0.3 is 0 Å². The van der Waals surface area contributed by atoms with Gasteiger partial charge in [0.05, 0.1) is 6.61 Å². The lowest BCUT2D eigenvalue weighted by Gasteiger charge is -2.16. The van der Waals surface area contributed by atoms with E-state index in [1.807, 2.05) is 37.3 Å². The van der Waals surface area contributed by atoms with E-state index >= 15 is 0 Å². The van der Waals surface area contributed by atoms with E-state index in [0.717, 1.165) is 5.56 Å². The van der Waals surface area contributed by atoms with Gasteiger partial charge in [0, 0.05) is 11.6 Å². The van der Waals surface area contributed by atoms with Crippen LogP contribution >= 0.6 is 0 Å². The van der Waals surface area contributed by atoms with E-state index in [1.54, 1.807) is 6.07 Å². The fourth-order valence-corrected chi connectivity index (χ4v) is 1.83. The fraction of sp³-hybridized carbons (Fsp3) is 0.200. The van der Waals surface area contributed by atoms with Crippen LogP contribution in [0.3, 0.4) is 0 Å². The van der Waals surface area contributed by atoms with Crippen LogP contribution in [0.15, 0.2) is 48.5 Å². The molecule has 0 aliphatic heterocycles. The van der Waals surface area contributed by atoms with E-state index in [0.29, 0.717) is 17.9 Å². The minimum atomic E-state index is -0.812. The molecule has 1 N–H and O–H groups in total. The Morgan fingerprint density at radius 2 is 1.89 bits per heavy atom. The topological polar surface area (TPSA) is 29.5 Å². The monoisotopic (exact) mass is 246 g/mol. The Morgan fingerprint density at radius 1 is 1.17 bits per heavy atom. The number of hydrogen-bond acceptors (Lipinski definition) is 2. The summed E-state index contributed by atoms with van der Waals surface area (Å²) in [6.07, 6.45) is -0.812. The summed E-state index contributed by atoms with van der Waals surface area (Å²) in [7, 11) is 0. The predicted octanol–water partition coefficient (Wildman–Crippen LogP) is 3.31. The van der Waals surface area contributed by atoms with Crippen molar-refractivity contribution in [1.82, 2.24) is 0 Å². The summed E-state index contributed by atoms with van der Waals surface area (Å²) in [4.78, 5) is 0. The van der Waals surface area contributed by atoms with Crippen molar-refractivity contribution in [3.63, 3.8) is 0 Å². The Labute approximate surface area is 106 Å². The molecule has 2 aromatic carbocycles. The molecule has 0 aliphatic carbocycles. The first-order valence-electron chi connectivity index (χ1n) is 5.87. The van der Waals surface area contributed by atoms with Crippen LogP contribution in [0.5, 0.6) is 5.75 Å². The predicted molar refractivity (Wildman–Crippen MR) is 68.1 cm³/mol. The molecule has 0 radical (unpaired) electrons. The van der Waals surface area contributed by atoms with Crippen molar-refractivity contribution < 1.29 is 14.2 Å². The minimum Gasteiger partial charge on any atom is -0.493 e. The zero-order valence-electron chi connectivity index (χ0n) is 10.1. The highest BCUT2D eigenvalue weighted by molar-refractivity contribution is 5.40. The van der Waals surface area contributed by atoms with E-state index in [9.17, 15) is 9.50 Å². The van der Waals surface area contributed by atoms with Crippen LogP contribution in [0, 0.1) is 5.82 Å². The van der Waals surface area contributed by atoms with Gasteiger partial charge in [-0.15, -0.1) is 0 Å². The highest BCUT2D eigenvalue weighted by Crippen LogP contribution is 2.30. The Morgan fingerprint density at radius 3 is 2.56 bits per heavy atom. The van der Waals surface area contributed by atoms with Crippen LogP contribution in [0.4, 0.5) is 4.39 Å². The average molecular weight is 246 g/mol. The lowest BCUT2D eigenvalue weighted by molar-refractivity contribution is 0.211. The third kappa shape index (κ3) is 2.68. The summed E-state index contributed by atoms with van der Waals surface area (Å²) in [5.41, 5.74) is 1.33. The van der Waals surface area contributed by atoms with E-state index in [-0.39, 0.29) is 5.82 Å². The summed E-state index contributed by atoms with van der Waals surface area (Å²) in [6, 6.07) is 13.4. The summed E-state index contributed by atoms with van der Waals surface area (Å²) in [5, 5.41) is 10.3. The molecule has 0 aromatic heterocycles. The van der Waals surface area contributed by atoms with Crippen LogP contribution < -0.4 is 4.74 Å². The van der Waals surface area contributed by atoms with Crippen LogP contribution in [0.2, 0.25) is 0 Å². The number of benzene rings is 2. The normalized spacial score (nSPS) is 12.2. The zero-order valence-corrected chi connectivity index (χ0v) is 10.1. The molecule has 1 unspecified atom stereocenters. The molecule has 18 heavy (non-hydrogen) atoms. The Hall–Kier alpha value is -1.87. The lowest BCUT2D eigenvalue weighted by atomic mass is 10.0. The summed E-state index contributed by atoms with van der Waals surface area (Å²) >= 11 is 0. The van der Waals surface area contributed by atoms with Crippen LogP contribution in [0.1, 0.15) is 24.2 Å². The molecule has 2 nitrogen and oxygen atoms in total. The maximum absolute atomic E-state index is 13.2. The Balaban J connectivity index is 2.38. The quantitative estimate of drug-likeness (QED) is 0.896. The van der Waals surface area contributed by atoms with Gasteiger partial charge in [0.15, 0.2) is 0 Å². The molecule has 0 aliphatic rings. The van der Waals surface area contributed by atoms with Crippen molar-refractivity contribution in [2.24, 2.45) is 0 Å². The maximum Gasteiger partial charge on any atom is 0.128 e. The summed E-state index contributed by atoms with van der Waals surface area (Å²) in [6.45, 7) is 2.25. The third-order valence-electron chi connectivity index (χ3n) is 2.69. The van der Waals surface area contributed by atoms with Gasteiger partial charge in [-0.3, -0.25) is 0 Å². The number of hydrogen-bond donors (Lipinski definition) is 1. The smallest absolute Gasteiger partial charge is 0.128 e. The lowest BCUT2D eigenvalue weighted by Crippen LogP contribution is -2.04. The van der Waals surface area contributed by atoms with Crippen LogP contribution in [-0.4, -0.2) is 11.7 Å². The highest BCUT2D eigenvalue weighted by atomic mass is 19.1. The molecule has 94 valence electrons. The molecular weight excluding hydrogens is 231 g/mol. The maximum atomic E-state index is 13.2. The van der Waals surface area contributed by atoms with Gasteiger partial charge in [-0.2, -0.15) is 0 Å². The first kappa shape index (κ1) is 12.6. The standard InChI is InChI=1S/C15H15FO2/c1-2-18-14-10-12(16)8-9-13(14)15(17)11-6-4-3-5-7-11/h3-10,15,17H,2H2,1H3. The van der Waals surface area contributed by atoms with Crippen molar-refractivity contribution in [3.8, 4) is 5.75 Å². The Kier molecular flexibility index (Phi) is 3.95. The second kappa shape index (κ2) is 5.65. The molecule has 2 rings (SSSR count). The second-order valence-corrected chi connectivity index (χ2v) is 3.93. The van der Waals surface area contributed by atoms with Gasteiger partial charge in [0.2, 0.25) is 0 Å². The first-order chi connectivity index (χ1) is 8.72. The molecule has 0 fully saturated rings. The molecule has 0 amide bonds. The van der Waals surface area contributed by atoms with Crippen molar-refractivity contribution in [2.45, 2.75) is 13.0 Å². The number of aliphatic hydroxyl groups is 1. The van der Waals surface area contributed by atoms with E-state index in [4.69, 9.17) is 4.74 Å². The van der Waals surface area contributed by atoms with Gasteiger partial charge in [0.1, 0.15) is 17.7 Å².